The van der Waals surface area contributed by atoms with E-state index >= 15 is 0 Å². The third-order valence-electron chi connectivity index (χ3n) is 7.40. The molecule has 0 aliphatic heterocycles. The van der Waals surface area contributed by atoms with Gasteiger partial charge in [-0.15, -0.1) is 10.2 Å². The van der Waals surface area contributed by atoms with Gasteiger partial charge >= 0.3 is 0 Å². The fraction of sp³-hybridized carbons (Fsp3) is 0.379. The van der Waals surface area contributed by atoms with E-state index in [0.29, 0.717) is 24.7 Å². The van der Waals surface area contributed by atoms with Gasteiger partial charge in [-0.25, -0.2) is 9.97 Å². The van der Waals surface area contributed by atoms with Gasteiger partial charge in [-0.05, 0) is 80.6 Å². The molecule has 10 heteroatoms. The summed E-state index contributed by atoms with van der Waals surface area (Å²) in [5.74, 6) is 1.48. The van der Waals surface area contributed by atoms with Crippen LogP contribution in [0.4, 0.5) is 5.69 Å². The van der Waals surface area contributed by atoms with E-state index in [-0.39, 0.29) is 11.9 Å². The van der Waals surface area contributed by atoms with Crippen molar-refractivity contribution in [1.82, 2.24) is 40.3 Å². The van der Waals surface area contributed by atoms with Gasteiger partial charge in [0.2, 0.25) is 0 Å². The second-order valence-electron chi connectivity index (χ2n) is 9.83. The maximum Gasteiger partial charge on any atom is 0.251 e. The Bertz CT molecular complexity index is 1390. The van der Waals surface area contributed by atoms with E-state index in [0.717, 1.165) is 59.8 Å². The molecule has 0 spiro atoms. The molecule has 3 N–H and O–H groups in total. The number of benzene rings is 1. The molecular formula is C29H35N9O. The lowest BCUT2D eigenvalue weighted by Crippen LogP contribution is -2.33. The van der Waals surface area contributed by atoms with E-state index in [9.17, 15) is 4.79 Å². The summed E-state index contributed by atoms with van der Waals surface area (Å²) in [6, 6.07) is 12.1. The molecule has 10 nitrogen and oxygen atoms in total. The van der Waals surface area contributed by atoms with Crippen molar-refractivity contribution in [2.24, 2.45) is 0 Å². The van der Waals surface area contributed by atoms with Crippen LogP contribution in [0.2, 0.25) is 0 Å². The standard InChI is InChI=1S/C29H35N9O/c1-3-20-16-31-12-10-22(20)17-34-29(39)21-6-4-8-24(14-21)33-18-27-36-37-28(26-11-13-32-19-35-26)38(27)25-9-5-7-23(15-25)30-2/h4,6,8,10-14,16,19,23,25,30,33H,3,5,7,9,15,17-18H2,1-2H3,(H,34,39)/t23-,25+/m1/s1. The molecule has 4 aromatic rings. The normalized spacial score (nSPS) is 17.1. The third-order valence-corrected chi connectivity index (χ3v) is 7.40. The van der Waals surface area contributed by atoms with E-state index in [1.54, 1.807) is 12.4 Å². The molecule has 39 heavy (non-hydrogen) atoms. The van der Waals surface area contributed by atoms with Crippen molar-refractivity contribution >= 4 is 11.6 Å². The number of rotatable bonds is 10. The lowest BCUT2D eigenvalue weighted by Gasteiger charge is -2.31. The number of pyridine rings is 1. The number of amides is 1. The Morgan fingerprint density at radius 1 is 1.05 bits per heavy atom. The minimum absolute atomic E-state index is 0.118. The molecule has 202 valence electrons. The first kappa shape index (κ1) is 26.4. The topological polar surface area (TPSA) is 123 Å². The summed E-state index contributed by atoms with van der Waals surface area (Å²) in [5.41, 5.74) is 4.42. The summed E-state index contributed by atoms with van der Waals surface area (Å²) in [7, 11) is 2.02. The number of nitrogens with one attached hydrogen (secondary N) is 3. The quantitative estimate of drug-likeness (QED) is 0.285. The Hall–Kier alpha value is -4.18. The van der Waals surface area contributed by atoms with Crippen molar-refractivity contribution in [3.05, 3.63) is 83.8 Å². The van der Waals surface area contributed by atoms with Gasteiger partial charge in [-0.2, -0.15) is 0 Å². The molecule has 5 rings (SSSR count). The van der Waals surface area contributed by atoms with Crippen LogP contribution in [-0.2, 0) is 19.5 Å². The molecule has 1 aliphatic rings. The van der Waals surface area contributed by atoms with E-state index in [1.165, 1.54) is 12.7 Å². The Balaban J connectivity index is 1.31. The molecule has 1 fully saturated rings. The first-order valence-electron chi connectivity index (χ1n) is 13.6. The number of aryl methyl sites for hydroxylation is 1. The van der Waals surface area contributed by atoms with Crippen molar-refractivity contribution in [3.63, 3.8) is 0 Å². The average molecular weight is 526 g/mol. The van der Waals surface area contributed by atoms with E-state index < -0.39 is 0 Å². The number of hydrogen-bond acceptors (Lipinski definition) is 8. The number of hydrogen-bond donors (Lipinski definition) is 3. The SMILES string of the molecule is CCc1cnccc1CNC(=O)c1cccc(NCc2nnc(-c3ccncn3)n2[C@H]2CCC[C@@H](NC)C2)c1. The summed E-state index contributed by atoms with van der Waals surface area (Å²) < 4.78 is 2.23. The summed E-state index contributed by atoms with van der Waals surface area (Å²) in [5, 5.41) is 19.0. The van der Waals surface area contributed by atoms with E-state index in [2.05, 4.69) is 52.6 Å². The van der Waals surface area contributed by atoms with Crippen LogP contribution in [0.5, 0.6) is 0 Å². The summed E-state index contributed by atoms with van der Waals surface area (Å²) in [4.78, 5) is 25.6. The van der Waals surface area contributed by atoms with Gasteiger partial charge < -0.3 is 20.5 Å². The number of nitrogens with zero attached hydrogens (tertiary/aromatic N) is 6. The van der Waals surface area contributed by atoms with Gasteiger partial charge in [0.25, 0.3) is 5.91 Å². The molecular weight excluding hydrogens is 490 g/mol. The van der Waals surface area contributed by atoms with Gasteiger partial charge in [0.1, 0.15) is 12.0 Å². The number of carbonyl (C=O) groups is 1. The fourth-order valence-corrected chi connectivity index (χ4v) is 5.26. The monoisotopic (exact) mass is 525 g/mol. The Morgan fingerprint density at radius 2 is 1.95 bits per heavy atom. The molecule has 2 atom stereocenters. The zero-order valence-electron chi connectivity index (χ0n) is 22.5. The molecule has 1 amide bonds. The zero-order valence-corrected chi connectivity index (χ0v) is 22.5. The Morgan fingerprint density at radius 3 is 2.77 bits per heavy atom. The maximum absolute atomic E-state index is 12.9. The highest BCUT2D eigenvalue weighted by molar-refractivity contribution is 5.95. The van der Waals surface area contributed by atoms with E-state index in [1.807, 2.05) is 49.6 Å². The van der Waals surface area contributed by atoms with Crippen LogP contribution in [-0.4, -0.2) is 48.7 Å². The highest BCUT2D eigenvalue weighted by Gasteiger charge is 2.27. The summed E-state index contributed by atoms with van der Waals surface area (Å²) >= 11 is 0. The second kappa shape index (κ2) is 12.6. The predicted octanol–water partition coefficient (Wildman–Crippen LogP) is 3.94. The van der Waals surface area contributed by atoms with Crippen molar-refractivity contribution in [2.45, 2.75) is 64.2 Å². The predicted molar refractivity (Wildman–Crippen MR) is 150 cm³/mol. The van der Waals surface area contributed by atoms with Crippen LogP contribution in [0.15, 0.2) is 61.3 Å². The van der Waals surface area contributed by atoms with Crippen molar-refractivity contribution in [2.75, 3.05) is 12.4 Å². The van der Waals surface area contributed by atoms with Gasteiger partial charge in [-0.1, -0.05) is 13.0 Å². The van der Waals surface area contributed by atoms with Crippen molar-refractivity contribution < 1.29 is 4.79 Å². The maximum atomic E-state index is 12.9. The third kappa shape index (κ3) is 6.28. The first-order chi connectivity index (χ1) is 19.2. The van der Waals surface area contributed by atoms with Gasteiger partial charge in [-0.3, -0.25) is 9.78 Å². The zero-order chi connectivity index (χ0) is 27.0. The summed E-state index contributed by atoms with van der Waals surface area (Å²) in [6.07, 6.45) is 12.1. The van der Waals surface area contributed by atoms with Crippen LogP contribution in [0.25, 0.3) is 11.5 Å². The lowest BCUT2D eigenvalue weighted by molar-refractivity contribution is 0.0951. The van der Waals surface area contributed by atoms with Crippen LogP contribution >= 0.6 is 0 Å². The molecule has 0 bridgehead atoms. The molecule has 0 radical (unpaired) electrons. The molecule has 1 saturated carbocycles. The minimum atomic E-state index is -0.118. The lowest BCUT2D eigenvalue weighted by atomic mass is 9.90. The molecule has 0 saturated heterocycles. The number of aromatic nitrogens is 6. The largest absolute Gasteiger partial charge is 0.378 e. The molecule has 1 aliphatic carbocycles. The van der Waals surface area contributed by atoms with Crippen molar-refractivity contribution in [1.29, 1.82) is 0 Å². The smallest absolute Gasteiger partial charge is 0.251 e. The Labute approximate surface area is 228 Å². The number of anilines is 1. The van der Waals surface area contributed by atoms with Crippen LogP contribution in [0.3, 0.4) is 0 Å². The first-order valence-corrected chi connectivity index (χ1v) is 13.6. The highest BCUT2D eigenvalue weighted by atomic mass is 16.1. The van der Waals surface area contributed by atoms with Gasteiger partial charge in [0, 0.05) is 48.5 Å². The minimum Gasteiger partial charge on any atom is -0.378 e. The molecule has 1 aromatic carbocycles. The summed E-state index contributed by atoms with van der Waals surface area (Å²) in [6.45, 7) is 3.02. The van der Waals surface area contributed by atoms with Crippen LogP contribution in [0.1, 0.15) is 66.0 Å². The molecule has 0 unspecified atom stereocenters. The second-order valence-corrected chi connectivity index (χ2v) is 9.83. The average Bonchev–Trinajstić information content (AvgIpc) is 3.43. The van der Waals surface area contributed by atoms with Gasteiger partial charge in [0.05, 0.1) is 6.54 Å². The fourth-order valence-electron chi connectivity index (χ4n) is 5.26. The van der Waals surface area contributed by atoms with Crippen molar-refractivity contribution in [3.8, 4) is 11.5 Å². The highest BCUT2D eigenvalue weighted by Crippen LogP contribution is 2.33. The molecule has 3 aromatic heterocycles. The van der Waals surface area contributed by atoms with Gasteiger partial charge in [0.15, 0.2) is 11.6 Å². The number of carbonyl (C=O) groups excluding carboxylic acids is 1. The molecule has 3 heterocycles. The van der Waals surface area contributed by atoms with E-state index in [4.69, 9.17) is 0 Å². The van der Waals surface area contributed by atoms with Crippen LogP contribution < -0.4 is 16.0 Å². The Kier molecular flexibility index (Phi) is 8.52. The van der Waals surface area contributed by atoms with Crippen LogP contribution in [0, 0.1) is 0 Å².